The summed E-state index contributed by atoms with van der Waals surface area (Å²) in [7, 11) is 0. The van der Waals surface area contributed by atoms with Gasteiger partial charge >= 0.3 is 0 Å². The van der Waals surface area contributed by atoms with Crippen LogP contribution in [0.2, 0.25) is 0 Å². The van der Waals surface area contributed by atoms with Gasteiger partial charge in [0.25, 0.3) is 0 Å². The van der Waals surface area contributed by atoms with Crippen LogP contribution in [0, 0.1) is 5.82 Å². The third-order valence-electron chi connectivity index (χ3n) is 2.95. The maximum absolute atomic E-state index is 13.0. The van der Waals surface area contributed by atoms with E-state index in [0.717, 1.165) is 12.1 Å². The van der Waals surface area contributed by atoms with Crippen LogP contribution in [0.4, 0.5) is 4.39 Å². The van der Waals surface area contributed by atoms with Gasteiger partial charge in [0.2, 0.25) is 0 Å². The number of nitrogens with zero attached hydrogens (tertiary/aromatic N) is 2. The molecule has 1 saturated heterocycles. The summed E-state index contributed by atoms with van der Waals surface area (Å²) < 4.78 is 18.6. The predicted molar refractivity (Wildman–Crippen MR) is 64.5 cm³/mol. The van der Waals surface area contributed by atoms with Gasteiger partial charge < -0.3 is 4.74 Å². The first kappa shape index (κ1) is 12.7. The van der Waals surface area contributed by atoms with Crippen molar-refractivity contribution < 1.29 is 9.13 Å². The van der Waals surface area contributed by atoms with Crippen molar-refractivity contribution in [2.24, 2.45) is 0 Å². The highest BCUT2D eigenvalue weighted by Gasteiger charge is 2.25. The lowest BCUT2D eigenvalue weighted by molar-refractivity contribution is -0.0511. The highest BCUT2D eigenvalue weighted by Crippen LogP contribution is 2.16. The Hall–Kier alpha value is -0.710. The molecule has 0 aromatic carbocycles. The maximum atomic E-state index is 13.0. The van der Waals surface area contributed by atoms with E-state index in [2.05, 4.69) is 16.8 Å². The molecule has 1 aliphatic heterocycles. The average Bonchev–Trinajstić information content (AvgIpc) is 2.32. The standard InChI is InChI=1S/C12H16ClFN2O/c1-9-8-17-12(3-13)7-16(9)6-10-2-11(14)5-15-4-10/h2,4-5,9,12H,3,6-8H2,1H3. The van der Waals surface area contributed by atoms with Crippen molar-refractivity contribution in [3.63, 3.8) is 0 Å². The minimum absolute atomic E-state index is 0.0642. The van der Waals surface area contributed by atoms with Crippen molar-refractivity contribution in [1.82, 2.24) is 9.88 Å². The molecular formula is C12H16ClFN2O. The van der Waals surface area contributed by atoms with Gasteiger partial charge in [-0.15, -0.1) is 11.6 Å². The number of aromatic nitrogens is 1. The molecule has 0 bridgehead atoms. The molecule has 2 heterocycles. The zero-order chi connectivity index (χ0) is 12.3. The van der Waals surface area contributed by atoms with Gasteiger partial charge in [-0.25, -0.2) is 4.39 Å². The first-order valence-corrected chi connectivity index (χ1v) is 6.23. The first-order valence-electron chi connectivity index (χ1n) is 5.70. The third-order valence-corrected chi connectivity index (χ3v) is 3.30. The Labute approximate surface area is 106 Å². The smallest absolute Gasteiger partial charge is 0.141 e. The van der Waals surface area contributed by atoms with Gasteiger partial charge in [0.05, 0.1) is 18.9 Å². The van der Waals surface area contributed by atoms with Gasteiger partial charge in [-0.2, -0.15) is 0 Å². The number of rotatable bonds is 3. The van der Waals surface area contributed by atoms with Crippen LogP contribution in [0.3, 0.4) is 0 Å². The Kier molecular flexibility index (Phi) is 4.31. The molecule has 0 aliphatic carbocycles. The minimum atomic E-state index is -0.294. The highest BCUT2D eigenvalue weighted by atomic mass is 35.5. The highest BCUT2D eigenvalue weighted by molar-refractivity contribution is 6.18. The van der Waals surface area contributed by atoms with Crippen LogP contribution >= 0.6 is 11.6 Å². The quantitative estimate of drug-likeness (QED) is 0.776. The lowest BCUT2D eigenvalue weighted by Crippen LogP contribution is -2.48. The molecule has 2 rings (SSSR count). The second-order valence-corrected chi connectivity index (χ2v) is 4.71. The van der Waals surface area contributed by atoms with Gasteiger partial charge in [0, 0.05) is 31.2 Å². The van der Waals surface area contributed by atoms with Crippen LogP contribution in [0.1, 0.15) is 12.5 Å². The lowest BCUT2D eigenvalue weighted by Gasteiger charge is -2.37. The molecule has 2 unspecified atom stereocenters. The lowest BCUT2D eigenvalue weighted by atomic mass is 10.1. The van der Waals surface area contributed by atoms with E-state index in [1.165, 1.54) is 12.3 Å². The molecule has 94 valence electrons. The summed E-state index contributed by atoms with van der Waals surface area (Å²) in [5, 5.41) is 0. The van der Waals surface area contributed by atoms with E-state index in [1.807, 2.05) is 0 Å². The molecule has 2 atom stereocenters. The van der Waals surface area contributed by atoms with E-state index in [1.54, 1.807) is 6.20 Å². The predicted octanol–water partition coefficient (Wildman–Crippen LogP) is 2.05. The number of hydrogen-bond acceptors (Lipinski definition) is 3. The molecular weight excluding hydrogens is 243 g/mol. The van der Waals surface area contributed by atoms with E-state index in [-0.39, 0.29) is 11.9 Å². The summed E-state index contributed by atoms with van der Waals surface area (Å²) in [4.78, 5) is 6.10. The summed E-state index contributed by atoms with van der Waals surface area (Å²) in [5.74, 6) is 0.197. The summed E-state index contributed by atoms with van der Waals surface area (Å²) in [6.07, 6.45) is 2.98. The van der Waals surface area contributed by atoms with Crippen molar-refractivity contribution in [2.75, 3.05) is 19.0 Å². The fraction of sp³-hybridized carbons (Fsp3) is 0.583. The second kappa shape index (κ2) is 5.76. The van der Waals surface area contributed by atoms with Gasteiger partial charge in [-0.1, -0.05) is 0 Å². The number of morpholine rings is 1. The second-order valence-electron chi connectivity index (χ2n) is 4.40. The van der Waals surface area contributed by atoms with Gasteiger partial charge in [0.15, 0.2) is 0 Å². The van der Waals surface area contributed by atoms with Crippen molar-refractivity contribution in [3.8, 4) is 0 Å². The number of ether oxygens (including phenoxy) is 1. The molecule has 1 aromatic heterocycles. The van der Waals surface area contributed by atoms with Crippen LogP contribution in [-0.2, 0) is 11.3 Å². The molecule has 0 radical (unpaired) electrons. The topological polar surface area (TPSA) is 25.4 Å². The van der Waals surface area contributed by atoms with E-state index < -0.39 is 0 Å². The van der Waals surface area contributed by atoms with Crippen molar-refractivity contribution in [2.45, 2.75) is 25.6 Å². The van der Waals surface area contributed by atoms with Crippen molar-refractivity contribution in [3.05, 3.63) is 29.8 Å². The Morgan fingerprint density at radius 2 is 2.41 bits per heavy atom. The maximum Gasteiger partial charge on any atom is 0.141 e. The molecule has 0 saturated carbocycles. The fourth-order valence-corrected chi connectivity index (χ4v) is 2.15. The Balaban J connectivity index is 2.01. The fourth-order valence-electron chi connectivity index (χ4n) is 1.97. The van der Waals surface area contributed by atoms with E-state index in [0.29, 0.717) is 25.1 Å². The molecule has 0 spiro atoms. The Morgan fingerprint density at radius 1 is 1.59 bits per heavy atom. The Morgan fingerprint density at radius 3 is 3.12 bits per heavy atom. The van der Waals surface area contributed by atoms with Gasteiger partial charge in [0.1, 0.15) is 5.82 Å². The number of halogens is 2. The normalized spacial score (nSPS) is 26.1. The van der Waals surface area contributed by atoms with Crippen LogP contribution in [-0.4, -0.2) is 41.1 Å². The molecule has 0 N–H and O–H groups in total. The van der Waals surface area contributed by atoms with Gasteiger partial charge in [-0.3, -0.25) is 9.88 Å². The summed E-state index contributed by atoms with van der Waals surface area (Å²) >= 11 is 5.80. The zero-order valence-electron chi connectivity index (χ0n) is 9.77. The van der Waals surface area contributed by atoms with Crippen LogP contribution in [0.25, 0.3) is 0 Å². The molecule has 17 heavy (non-hydrogen) atoms. The monoisotopic (exact) mass is 258 g/mol. The Bertz CT molecular complexity index is 377. The summed E-state index contributed by atoms with van der Waals surface area (Å²) in [6, 6.07) is 1.84. The van der Waals surface area contributed by atoms with E-state index in [9.17, 15) is 4.39 Å². The largest absolute Gasteiger partial charge is 0.374 e. The van der Waals surface area contributed by atoms with Gasteiger partial charge in [-0.05, 0) is 18.6 Å². The minimum Gasteiger partial charge on any atom is -0.374 e. The van der Waals surface area contributed by atoms with E-state index in [4.69, 9.17) is 16.3 Å². The zero-order valence-corrected chi connectivity index (χ0v) is 10.5. The van der Waals surface area contributed by atoms with E-state index >= 15 is 0 Å². The molecule has 1 fully saturated rings. The molecule has 1 aromatic rings. The summed E-state index contributed by atoms with van der Waals surface area (Å²) in [5.41, 5.74) is 0.882. The molecule has 3 nitrogen and oxygen atoms in total. The molecule has 1 aliphatic rings. The number of pyridine rings is 1. The SMILES string of the molecule is CC1COC(CCl)CN1Cc1cncc(F)c1. The molecule has 5 heteroatoms. The third kappa shape index (κ3) is 3.37. The summed E-state index contributed by atoms with van der Waals surface area (Å²) in [6.45, 7) is 4.22. The van der Waals surface area contributed by atoms with Crippen LogP contribution < -0.4 is 0 Å². The number of hydrogen-bond donors (Lipinski definition) is 0. The molecule has 0 amide bonds. The number of alkyl halides is 1. The average molecular weight is 259 g/mol. The van der Waals surface area contributed by atoms with Crippen LogP contribution in [0.15, 0.2) is 18.5 Å². The van der Waals surface area contributed by atoms with Crippen molar-refractivity contribution in [1.29, 1.82) is 0 Å². The van der Waals surface area contributed by atoms with Crippen LogP contribution in [0.5, 0.6) is 0 Å². The first-order chi connectivity index (χ1) is 8.19. The van der Waals surface area contributed by atoms with Crippen molar-refractivity contribution >= 4 is 11.6 Å².